The maximum atomic E-state index is 13.3. The van der Waals surface area contributed by atoms with Gasteiger partial charge in [0, 0.05) is 12.6 Å². The molecule has 0 aliphatic rings. The summed E-state index contributed by atoms with van der Waals surface area (Å²) < 4.78 is 13.3. The number of halogens is 1. The molecule has 1 atom stereocenters. The molecule has 1 rings (SSSR count). The van der Waals surface area contributed by atoms with E-state index < -0.39 is 34.5 Å². The van der Waals surface area contributed by atoms with Gasteiger partial charge >= 0.3 is 17.7 Å². The number of carboxylic acid groups (broad SMARTS) is 1. The number of carbonyl (C=O) groups excluding carboxylic acids is 1. The maximum absolute atomic E-state index is 13.3. The predicted molar refractivity (Wildman–Crippen MR) is 65.5 cm³/mol. The number of nitro benzene ring substituents is 1. The summed E-state index contributed by atoms with van der Waals surface area (Å²) in [5.74, 6) is -2.20. The van der Waals surface area contributed by atoms with Crippen LogP contribution in [-0.2, 0) is 11.3 Å². The quantitative estimate of drug-likeness (QED) is 0.550. The van der Waals surface area contributed by atoms with E-state index in [0.29, 0.717) is 5.56 Å². The van der Waals surface area contributed by atoms with Crippen LogP contribution in [0.2, 0.25) is 0 Å². The first-order chi connectivity index (χ1) is 9.31. The van der Waals surface area contributed by atoms with Gasteiger partial charge in [0.1, 0.15) is 6.04 Å². The van der Waals surface area contributed by atoms with Crippen LogP contribution in [0, 0.1) is 15.9 Å². The Labute approximate surface area is 112 Å². The number of hydrogen-bond donors (Lipinski definition) is 3. The Morgan fingerprint density at radius 3 is 2.65 bits per heavy atom. The average molecular weight is 285 g/mol. The number of carboxylic acids is 1. The van der Waals surface area contributed by atoms with E-state index in [9.17, 15) is 24.1 Å². The number of benzene rings is 1. The van der Waals surface area contributed by atoms with Crippen molar-refractivity contribution in [3.8, 4) is 0 Å². The number of nitrogens with zero attached hydrogens (tertiary/aromatic N) is 1. The van der Waals surface area contributed by atoms with Crippen LogP contribution < -0.4 is 10.6 Å². The van der Waals surface area contributed by atoms with Crippen molar-refractivity contribution in [3.05, 3.63) is 39.7 Å². The van der Waals surface area contributed by atoms with Crippen molar-refractivity contribution in [2.75, 3.05) is 0 Å². The van der Waals surface area contributed by atoms with E-state index in [0.717, 1.165) is 12.1 Å². The van der Waals surface area contributed by atoms with Crippen LogP contribution >= 0.6 is 0 Å². The average Bonchev–Trinajstić information content (AvgIpc) is 2.35. The highest BCUT2D eigenvalue weighted by atomic mass is 19.1. The molecule has 0 heterocycles. The summed E-state index contributed by atoms with van der Waals surface area (Å²) in [5.41, 5.74) is -0.344. The maximum Gasteiger partial charge on any atom is 0.325 e. The van der Waals surface area contributed by atoms with E-state index in [-0.39, 0.29) is 6.54 Å². The summed E-state index contributed by atoms with van der Waals surface area (Å²) >= 11 is 0. The Morgan fingerprint density at radius 2 is 2.15 bits per heavy atom. The van der Waals surface area contributed by atoms with Crippen molar-refractivity contribution in [1.29, 1.82) is 0 Å². The molecule has 1 unspecified atom stereocenters. The predicted octanol–water partition coefficient (Wildman–Crippen LogP) is 1.01. The molecule has 20 heavy (non-hydrogen) atoms. The number of nitro groups is 1. The van der Waals surface area contributed by atoms with Crippen LogP contribution in [0.25, 0.3) is 0 Å². The van der Waals surface area contributed by atoms with Crippen molar-refractivity contribution in [2.24, 2.45) is 0 Å². The zero-order valence-corrected chi connectivity index (χ0v) is 10.4. The SMILES string of the molecule is CC(NC(=O)NCc1ccc([N+](=O)[O-])c(F)c1)C(=O)O. The van der Waals surface area contributed by atoms with Crippen molar-refractivity contribution in [1.82, 2.24) is 10.6 Å². The van der Waals surface area contributed by atoms with E-state index in [1.807, 2.05) is 0 Å². The number of rotatable bonds is 5. The molecule has 0 spiro atoms. The summed E-state index contributed by atoms with van der Waals surface area (Å²) in [7, 11) is 0. The number of carbonyl (C=O) groups is 2. The first-order valence-corrected chi connectivity index (χ1v) is 5.51. The van der Waals surface area contributed by atoms with Crippen LogP contribution in [0.4, 0.5) is 14.9 Å². The lowest BCUT2D eigenvalue weighted by Gasteiger charge is -2.10. The number of nitrogens with one attached hydrogen (secondary N) is 2. The minimum atomic E-state index is -1.19. The Hall–Kier alpha value is -2.71. The first-order valence-electron chi connectivity index (χ1n) is 5.51. The van der Waals surface area contributed by atoms with E-state index in [4.69, 9.17) is 5.11 Å². The number of hydrogen-bond acceptors (Lipinski definition) is 4. The van der Waals surface area contributed by atoms with Crippen LogP contribution in [0.1, 0.15) is 12.5 Å². The normalized spacial score (nSPS) is 11.5. The van der Waals surface area contributed by atoms with Gasteiger partial charge in [0.15, 0.2) is 0 Å². The Morgan fingerprint density at radius 1 is 1.50 bits per heavy atom. The second kappa shape index (κ2) is 6.45. The fourth-order valence-corrected chi connectivity index (χ4v) is 1.30. The molecule has 0 saturated heterocycles. The highest BCUT2D eigenvalue weighted by Gasteiger charge is 2.15. The molecule has 2 amide bonds. The molecule has 0 fully saturated rings. The zero-order chi connectivity index (χ0) is 15.3. The van der Waals surface area contributed by atoms with Crippen LogP contribution in [0.5, 0.6) is 0 Å². The Kier molecular flexibility index (Phi) is 4.95. The van der Waals surface area contributed by atoms with Gasteiger partial charge in [0.25, 0.3) is 0 Å². The monoisotopic (exact) mass is 285 g/mol. The summed E-state index contributed by atoms with van der Waals surface area (Å²) in [5, 5.41) is 23.4. The largest absolute Gasteiger partial charge is 0.480 e. The second-order valence-corrected chi connectivity index (χ2v) is 3.93. The Balaban J connectivity index is 2.58. The molecule has 0 bridgehead atoms. The van der Waals surface area contributed by atoms with Gasteiger partial charge in [-0.2, -0.15) is 4.39 Å². The minimum Gasteiger partial charge on any atom is -0.480 e. The highest BCUT2D eigenvalue weighted by Crippen LogP contribution is 2.17. The molecule has 3 N–H and O–H groups in total. The molecule has 0 radical (unpaired) electrons. The lowest BCUT2D eigenvalue weighted by molar-refractivity contribution is -0.387. The van der Waals surface area contributed by atoms with E-state index in [1.54, 1.807) is 0 Å². The molecule has 0 aromatic heterocycles. The van der Waals surface area contributed by atoms with Crippen LogP contribution in [0.3, 0.4) is 0 Å². The van der Waals surface area contributed by atoms with Crippen molar-refractivity contribution >= 4 is 17.7 Å². The van der Waals surface area contributed by atoms with Crippen molar-refractivity contribution in [3.63, 3.8) is 0 Å². The molecule has 1 aromatic carbocycles. The third kappa shape index (κ3) is 4.19. The minimum absolute atomic E-state index is 0.0902. The van der Waals surface area contributed by atoms with Gasteiger partial charge < -0.3 is 15.7 Å². The fourth-order valence-electron chi connectivity index (χ4n) is 1.30. The summed E-state index contributed by atoms with van der Waals surface area (Å²) in [4.78, 5) is 31.4. The van der Waals surface area contributed by atoms with Gasteiger partial charge in [-0.1, -0.05) is 6.07 Å². The van der Waals surface area contributed by atoms with E-state index in [2.05, 4.69) is 10.6 Å². The topological polar surface area (TPSA) is 122 Å². The first kappa shape index (κ1) is 15.3. The number of urea groups is 1. The summed E-state index contributed by atoms with van der Waals surface area (Å²) in [6.07, 6.45) is 0. The lowest BCUT2D eigenvalue weighted by Crippen LogP contribution is -2.44. The molecule has 108 valence electrons. The third-order valence-electron chi connectivity index (χ3n) is 2.38. The van der Waals surface area contributed by atoms with Crippen molar-refractivity contribution < 1.29 is 24.0 Å². The van der Waals surface area contributed by atoms with Gasteiger partial charge in [-0.3, -0.25) is 14.9 Å². The molecular weight excluding hydrogens is 273 g/mol. The summed E-state index contributed by atoms with van der Waals surface area (Å²) in [6.45, 7) is 1.19. The highest BCUT2D eigenvalue weighted by molar-refractivity contribution is 5.82. The van der Waals surface area contributed by atoms with Gasteiger partial charge in [-0.15, -0.1) is 0 Å². The molecule has 0 aliphatic heterocycles. The van der Waals surface area contributed by atoms with E-state index in [1.165, 1.54) is 13.0 Å². The van der Waals surface area contributed by atoms with Crippen LogP contribution in [0.15, 0.2) is 18.2 Å². The van der Waals surface area contributed by atoms with Gasteiger partial charge in [-0.25, -0.2) is 4.79 Å². The Bertz CT molecular complexity index is 549. The number of aliphatic carboxylic acids is 1. The number of amides is 2. The van der Waals surface area contributed by atoms with Crippen LogP contribution in [-0.4, -0.2) is 28.1 Å². The van der Waals surface area contributed by atoms with Gasteiger partial charge in [-0.05, 0) is 18.6 Å². The molecule has 1 aromatic rings. The molecule has 0 aliphatic carbocycles. The zero-order valence-electron chi connectivity index (χ0n) is 10.4. The molecule has 0 saturated carbocycles. The van der Waals surface area contributed by atoms with Gasteiger partial charge in [0.2, 0.25) is 5.82 Å². The molecular formula is C11H12FN3O5. The molecule has 8 nitrogen and oxygen atoms in total. The lowest BCUT2D eigenvalue weighted by atomic mass is 10.2. The van der Waals surface area contributed by atoms with Gasteiger partial charge in [0.05, 0.1) is 4.92 Å². The summed E-state index contributed by atoms with van der Waals surface area (Å²) in [6, 6.07) is 1.41. The fraction of sp³-hybridized carbons (Fsp3) is 0.273. The standard InChI is InChI=1S/C11H12FN3O5/c1-6(10(16)17)14-11(18)13-5-7-2-3-9(15(19)20)8(12)4-7/h2-4,6H,5H2,1H3,(H,16,17)(H2,13,14,18). The third-order valence-corrected chi connectivity index (χ3v) is 2.38. The van der Waals surface area contributed by atoms with Crippen molar-refractivity contribution in [2.45, 2.75) is 19.5 Å². The molecule has 9 heteroatoms. The van der Waals surface area contributed by atoms with E-state index >= 15 is 0 Å². The smallest absolute Gasteiger partial charge is 0.325 e. The second-order valence-electron chi connectivity index (χ2n) is 3.93.